The van der Waals surface area contributed by atoms with Gasteiger partial charge in [-0.05, 0) is 85.0 Å². The van der Waals surface area contributed by atoms with Crippen LogP contribution < -0.4 is 0 Å². The van der Waals surface area contributed by atoms with Crippen LogP contribution in [0.1, 0.15) is 71.3 Å². The maximum absolute atomic E-state index is 12.8. The number of ketones is 1. The van der Waals surface area contributed by atoms with Gasteiger partial charge >= 0.3 is 0 Å². The summed E-state index contributed by atoms with van der Waals surface area (Å²) in [5, 5.41) is 0. The first-order valence-corrected chi connectivity index (χ1v) is 11.6. The van der Waals surface area contributed by atoms with E-state index in [1.165, 1.54) is 29.6 Å². The smallest absolute Gasteiger partial charge is 0.139 e. The highest BCUT2D eigenvalue weighted by molar-refractivity contribution is 5.87. The van der Waals surface area contributed by atoms with E-state index in [0.717, 1.165) is 44.5 Å². The predicted molar refractivity (Wildman–Crippen MR) is 117 cm³/mol. The topological polar surface area (TPSA) is 26.3 Å². The molecule has 1 aromatic carbocycles. The highest BCUT2D eigenvalue weighted by Gasteiger charge is 2.59. The SMILES string of the molecule is CCOC1=CC2=C(c3ccccc3)C[C@@H]3[C@H](CC[C@]4(C)C(=O)CC[C@@H]34)[C@@]2(C)CC1. The summed E-state index contributed by atoms with van der Waals surface area (Å²) in [6.07, 6.45) is 9.90. The van der Waals surface area contributed by atoms with Gasteiger partial charge < -0.3 is 4.74 Å². The summed E-state index contributed by atoms with van der Waals surface area (Å²) < 4.78 is 5.98. The number of carbonyl (C=O) groups excluding carboxylic acids is 1. The predicted octanol–water partition coefficient (Wildman–Crippen LogP) is 6.58. The maximum Gasteiger partial charge on any atom is 0.139 e. The third kappa shape index (κ3) is 2.78. The van der Waals surface area contributed by atoms with Crippen LogP contribution in [0, 0.1) is 28.6 Å². The minimum Gasteiger partial charge on any atom is -0.498 e. The Kier molecular flexibility index (Phi) is 4.53. The number of benzene rings is 1. The van der Waals surface area contributed by atoms with Gasteiger partial charge in [0.2, 0.25) is 0 Å². The Hall–Kier alpha value is -1.83. The largest absolute Gasteiger partial charge is 0.498 e. The summed E-state index contributed by atoms with van der Waals surface area (Å²) >= 11 is 0. The van der Waals surface area contributed by atoms with E-state index in [9.17, 15) is 4.79 Å². The molecule has 0 aliphatic heterocycles. The standard InChI is InChI=1S/C27H34O2/c1-4-29-19-12-14-26(2)23-13-15-27(3)22(10-11-25(27)28)21(23)17-20(24(26)16-19)18-8-6-5-7-9-18/h5-9,16,21-23H,4,10-15,17H2,1-3H3/t21-,22-,23-,26+,27-/m0/s1. The molecule has 2 nitrogen and oxygen atoms in total. The van der Waals surface area contributed by atoms with Gasteiger partial charge in [0.15, 0.2) is 0 Å². The molecule has 4 aliphatic rings. The van der Waals surface area contributed by atoms with Crippen molar-refractivity contribution in [2.45, 2.75) is 65.7 Å². The van der Waals surface area contributed by atoms with E-state index >= 15 is 0 Å². The van der Waals surface area contributed by atoms with Crippen molar-refractivity contribution in [3.05, 3.63) is 53.3 Å². The van der Waals surface area contributed by atoms with E-state index in [1.807, 2.05) is 0 Å². The molecule has 1 aromatic rings. The van der Waals surface area contributed by atoms with Gasteiger partial charge in [-0.15, -0.1) is 0 Å². The molecule has 2 fully saturated rings. The van der Waals surface area contributed by atoms with Crippen LogP contribution >= 0.6 is 0 Å². The Morgan fingerprint density at radius 1 is 1.00 bits per heavy atom. The molecule has 2 heteroatoms. The molecule has 4 aliphatic carbocycles. The Labute approximate surface area is 175 Å². The van der Waals surface area contributed by atoms with Crippen LogP contribution in [-0.2, 0) is 9.53 Å². The van der Waals surface area contributed by atoms with E-state index in [-0.39, 0.29) is 10.8 Å². The molecule has 2 saturated carbocycles. The number of Topliss-reactive ketones (excluding diaryl/α,β-unsaturated/α-hetero) is 1. The molecule has 0 unspecified atom stereocenters. The van der Waals surface area contributed by atoms with Crippen LogP contribution in [0.3, 0.4) is 0 Å². The zero-order valence-electron chi connectivity index (χ0n) is 18.2. The summed E-state index contributed by atoms with van der Waals surface area (Å²) in [6.45, 7) is 7.61. The van der Waals surface area contributed by atoms with E-state index in [2.05, 4.69) is 57.2 Å². The first-order valence-electron chi connectivity index (χ1n) is 11.6. The van der Waals surface area contributed by atoms with Crippen molar-refractivity contribution in [1.82, 2.24) is 0 Å². The van der Waals surface area contributed by atoms with Gasteiger partial charge in [-0.3, -0.25) is 4.79 Å². The second-order valence-corrected chi connectivity index (χ2v) is 10.2. The van der Waals surface area contributed by atoms with Crippen LogP contribution in [0.4, 0.5) is 0 Å². The second-order valence-electron chi connectivity index (χ2n) is 10.2. The first-order chi connectivity index (χ1) is 14.0. The zero-order valence-corrected chi connectivity index (χ0v) is 18.2. The van der Waals surface area contributed by atoms with Crippen LogP contribution in [0.25, 0.3) is 5.57 Å². The lowest BCUT2D eigenvalue weighted by Gasteiger charge is -2.57. The molecular weight excluding hydrogens is 356 g/mol. The van der Waals surface area contributed by atoms with Crippen molar-refractivity contribution in [3.63, 3.8) is 0 Å². The van der Waals surface area contributed by atoms with Crippen molar-refractivity contribution in [2.24, 2.45) is 28.6 Å². The average molecular weight is 391 g/mol. The molecular formula is C27H34O2. The minimum atomic E-state index is -0.0716. The molecule has 0 amide bonds. The lowest BCUT2D eigenvalue weighted by atomic mass is 9.47. The Bertz CT molecular complexity index is 879. The molecule has 0 radical (unpaired) electrons. The third-order valence-corrected chi connectivity index (χ3v) is 8.99. The quantitative estimate of drug-likeness (QED) is 0.583. The second kappa shape index (κ2) is 6.86. The Morgan fingerprint density at radius 3 is 2.52 bits per heavy atom. The van der Waals surface area contributed by atoms with Gasteiger partial charge in [0.25, 0.3) is 0 Å². The molecule has 0 spiro atoms. The number of fused-ring (bicyclic) bond motifs is 5. The lowest BCUT2D eigenvalue weighted by Crippen LogP contribution is -2.50. The van der Waals surface area contributed by atoms with Crippen molar-refractivity contribution < 1.29 is 9.53 Å². The molecule has 29 heavy (non-hydrogen) atoms. The average Bonchev–Trinajstić information content (AvgIpc) is 3.03. The first kappa shape index (κ1) is 19.2. The third-order valence-electron chi connectivity index (χ3n) is 8.99. The lowest BCUT2D eigenvalue weighted by molar-refractivity contribution is -0.131. The molecule has 154 valence electrons. The number of hydrogen-bond acceptors (Lipinski definition) is 2. The normalized spacial score (nSPS) is 38.8. The number of hydrogen-bond donors (Lipinski definition) is 0. The van der Waals surface area contributed by atoms with Crippen LogP contribution in [0.2, 0.25) is 0 Å². The van der Waals surface area contributed by atoms with Gasteiger partial charge in [0.05, 0.1) is 12.4 Å². The Balaban J connectivity index is 1.65. The van der Waals surface area contributed by atoms with Crippen molar-refractivity contribution in [2.75, 3.05) is 6.61 Å². The minimum absolute atomic E-state index is 0.0716. The number of ether oxygens (including phenoxy) is 1. The van der Waals surface area contributed by atoms with Gasteiger partial charge in [-0.1, -0.05) is 44.2 Å². The molecule has 5 rings (SSSR count). The Morgan fingerprint density at radius 2 is 1.76 bits per heavy atom. The number of allylic oxidation sites excluding steroid dienone is 4. The van der Waals surface area contributed by atoms with Crippen molar-refractivity contribution >= 4 is 11.4 Å². The maximum atomic E-state index is 12.8. The summed E-state index contributed by atoms with van der Waals surface area (Å²) in [7, 11) is 0. The summed E-state index contributed by atoms with van der Waals surface area (Å²) in [5.74, 6) is 3.57. The van der Waals surface area contributed by atoms with Gasteiger partial charge in [-0.2, -0.15) is 0 Å². The van der Waals surface area contributed by atoms with Crippen molar-refractivity contribution in [1.29, 1.82) is 0 Å². The molecule has 0 heterocycles. The fraction of sp³-hybridized carbons (Fsp3) is 0.593. The van der Waals surface area contributed by atoms with Crippen molar-refractivity contribution in [3.8, 4) is 0 Å². The van der Waals surface area contributed by atoms with Gasteiger partial charge in [-0.25, -0.2) is 0 Å². The zero-order chi connectivity index (χ0) is 20.2. The molecule has 0 bridgehead atoms. The molecule has 0 saturated heterocycles. The van der Waals surface area contributed by atoms with E-state index in [1.54, 1.807) is 0 Å². The molecule has 0 aromatic heterocycles. The fourth-order valence-electron chi connectivity index (χ4n) is 7.42. The van der Waals surface area contributed by atoms with E-state index in [4.69, 9.17) is 4.74 Å². The van der Waals surface area contributed by atoms with E-state index in [0.29, 0.717) is 23.5 Å². The monoisotopic (exact) mass is 390 g/mol. The highest BCUT2D eigenvalue weighted by atomic mass is 16.5. The fourth-order valence-corrected chi connectivity index (χ4v) is 7.42. The highest BCUT2D eigenvalue weighted by Crippen LogP contribution is 2.65. The van der Waals surface area contributed by atoms with Crippen LogP contribution in [0.15, 0.2) is 47.7 Å². The molecule has 5 atom stereocenters. The molecule has 0 N–H and O–H groups in total. The van der Waals surface area contributed by atoms with Gasteiger partial charge in [0, 0.05) is 18.3 Å². The number of rotatable bonds is 3. The van der Waals surface area contributed by atoms with Crippen LogP contribution in [-0.4, -0.2) is 12.4 Å². The van der Waals surface area contributed by atoms with Crippen LogP contribution in [0.5, 0.6) is 0 Å². The number of carbonyl (C=O) groups is 1. The summed E-state index contributed by atoms with van der Waals surface area (Å²) in [4.78, 5) is 12.8. The summed E-state index contributed by atoms with van der Waals surface area (Å²) in [5.41, 5.74) is 4.51. The van der Waals surface area contributed by atoms with Gasteiger partial charge in [0.1, 0.15) is 5.78 Å². The van der Waals surface area contributed by atoms with E-state index < -0.39 is 0 Å². The summed E-state index contributed by atoms with van der Waals surface area (Å²) in [6, 6.07) is 11.0.